The molecule has 1 aliphatic heterocycles. The van der Waals surface area contributed by atoms with E-state index in [9.17, 15) is 9.59 Å². The molecule has 1 amide bonds. The Hall–Kier alpha value is -1.88. The Morgan fingerprint density at radius 2 is 2.19 bits per heavy atom. The van der Waals surface area contributed by atoms with Crippen LogP contribution in [0.5, 0.6) is 0 Å². The first-order valence-electron chi connectivity index (χ1n) is 7.19. The minimum Gasteiger partial charge on any atom is -0.466 e. The number of esters is 1. The highest BCUT2D eigenvalue weighted by molar-refractivity contribution is 5.99. The number of ether oxygens (including phenoxy) is 1. The van der Waals surface area contributed by atoms with Crippen LogP contribution in [-0.2, 0) is 20.7 Å². The summed E-state index contributed by atoms with van der Waals surface area (Å²) >= 11 is 0. The number of fused-ring (bicyclic) bond motifs is 1. The van der Waals surface area contributed by atoms with E-state index in [2.05, 4.69) is 5.32 Å². The summed E-state index contributed by atoms with van der Waals surface area (Å²) < 4.78 is 5.08. The van der Waals surface area contributed by atoms with E-state index >= 15 is 0 Å². The number of benzene rings is 1. The topological polar surface area (TPSA) is 81.4 Å². The van der Waals surface area contributed by atoms with E-state index in [1.165, 1.54) is 0 Å². The maximum absolute atomic E-state index is 11.9. The average Bonchev–Trinajstić information content (AvgIpc) is 2.77. The third kappa shape index (κ3) is 3.42. The van der Waals surface area contributed by atoms with Crippen molar-refractivity contribution in [2.45, 2.75) is 39.7 Å². The van der Waals surface area contributed by atoms with E-state index in [4.69, 9.17) is 10.5 Å². The molecule has 1 aromatic carbocycles. The Balaban J connectivity index is 2.10. The van der Waals surface area contributed by atoms with Crippen LogP contribution in [0.3, 0.4) is 0 Å². The highest BCUT2D eigenvalue weighted by Gasteiger charge is 2.32. The van der Waals surface area contributed by atoms with Crippen molar-refractivity contribution in [1.82, 2.24) is 0 Å². The van der Waals surface area contributed by atoms with Gasteiger partial charge in [0.1, 0.15) is 0 Å². The molecule has 2 rings (SSSR count). The third-order valence-corrected chi connectivity index (χ3v) is 3.74. The summed E-state index contributed by atoms with van der Waals surface area (Å²) in [6, 6.07) is 5.44. The summed E-state index contributed by atoms with van der Waals surface area (Å²) in [7, 11) is 0. The van der Waals surface area contributed by atoms with Crippen LogP contribution >= 0.6 is 0 Å². The van der Waals surface area contributed by atoms with Crippen LogP contribution in [0.25, 0.3) is 0 Å². The first kappa shape index (κ1) is 15.5. The summed E-state index contributed by atoms with van der Waals surface area (Å²) in [5, 5.41) is 2.79. The summed E-state index contributed by atoms with van der Waals surface area (Å²) in [4.78, 5) is 23.3. The standard InChI is InChI=1S/C16H22N2O3/c1-4-21-15(20)16(2,3)9-12(17)10-5-6-13-11(7-10)8-14(19)18-13/h5-7,12H,4,8-9,17H2,1-3H3,(H,18,19). The van der Waals surface area contributed by atoms with Gasteiger partial charge < -0.3 is 15.8 Å². The van der Waals surface area contributed by atoms with Crippen molar-refractivity contribution < 1.29 is 14.3 Å². The fraction of sp³-hybridized carbons (Fsp3) is 0.500. The van der Waals surface area contributed by atoms with Crippen LogP contribution < -0.4 is 11.1 Å². The number of carbonyl (C=O) groups is 2. The lowest BCUT2D eigenvalue weighted by Gasteiger charge is -2.26. The molecule has 1 heterocycles. The quantitative estimate of drug-likeness (QED) is 0.814. The zero-order valence-electron chi connectivity index (χ0n) is 12.7. The second-order valence-electron chi connectivity index (χ2n) is 6.06. The second kappa shape index (κ2) is 5.85. The predicted octanol–water partition coefficient (Wildman–Crippen LogP) is 2.16. The Bertz CT molecular complexity index is 567. The van der Waals surface area contributed by atoms with Crippen molar-refractivity contribution in [2.75, 3.05) is 11.9 Å². The Kier molecular flexibility index (Phi) is 4.32. The van der Waals surface area contributed by atoms with Gasteiger partial charge in [0.15, 0.2) is 0 Å². The smallest absolute Gasteiger partial charge is 0.311 e. The van der Waals surface area contributed by atoms with Gasteiger partial charge in [-0.05, 0) is 44.4 Å². The SMILES string of the molecule is CCOC(=O)C(C)(C)CC(N)c1ccc2c(c1)CC(=O)N2. The molecular weight excluding hydrogens is 268 g/mol. The van der Waals surface area contributed by atoms with Crippen LogP contribution in [0.4, 0.5) is 5.69 Å². The number of hydrogen-bond acceptors (Lipinski definition) is 4. The molecule has 1 atom stereocenters. The number of nitrogens with two attached hydrogens (primary N) is 1. The molecule has 5 heteroatoms. The normalized spacial score (nSPS) is 15.3. The zero-order valence-corrected chi connectivity index (χ0v) is 12.7. The highest BCUT2D eigenvalue weighted by atomic mass is 16.5. The van der Waals surface area contributed by atoms with E-state index in [1.807, 2.05) is 32.0 Å². The molecule has 0 saturated heterocycles. The average molecular weight is 290 g/mol. The van der Waals surface area contributed by atoms with Crippen molar-refractivity contribution in [3.8, 4) is 0 Å². The molecule has 0 fully saturated rings. The number of carbonyl (C=O) groups excluding carboxylic acids is 2. The second-order valence-corrected chi connectivity index (χ2v) is 6.06. The minimum atomic E-state index is -0.636. The molecule has 0 aliphatic carbocycles. The molecule has 0 spiro atoms. The Morgan fingerprint density at radius 3 is 2.86 bits per heavy atom. The summed E-state index contributed by atoms with van der Waals surface area (Å²) in [5.41, 5.74) is 8.34. The maximum Gasteiger partial charge on any atom is 0.311 e. The van der Waals surface area contributed by atoms with Gasteiger partial charge in [0.2, 0.25) is 5.91 Å². The molecule has 114 valence electrons. The molecule has 1 aromatic rings. The van der Waals surface area contributed by atoms with Gasteiger partial charge in [-0.25, -0.2) is 0 Å². The van der Waals surface area contributed by atoms with Gasteiger partial charge in [-0.2, -0.15) is 0 Å². The highest BCUT2D eigenvalue weighted by Crippen LogP contribution is 2.32. The van der Waals surface area contributed by atoms with Crippen LogP contribution in [0.1, 0.15) is 44.4 Å². The molecular formula is C16H22N2O3. The van der Waals surface area contributed by atoms with Crippen molar-refractivity contribution >= 4 is 17.6 Å². The van der Waals surface area contributed by atoms with E-state index in [0.717, 1.165) is 16.8 Å². The van der Waals surface area contributed by atoms with Gasteiger partial charge in [-0.1, -0.05) is 12.1 Å². The van der Waals surface area contributed by atoms with Crippen LogP contribution in [0.15, 0.2) is 18.2 Å². The summed E-state index contributed by atoms with van der Waals surface area (Å²) in [5.74, 6) is -0.235. The molecule has 3 N–H and O–H groups in total. The molecule has 0 radical (unpaired) electrons. The first-order valence-corrected chi connectivity index (χ1v) is 7.19. The van der Waals surface area contributed by atoms with E-state index in [0.29, 0.717) is 19.4 Å². The molecule has 0 saturated carbocycles. The van der Waals surface area contributed by atoms with Crippen molar-refractivity contribution in [3.05, 3.63) is 29.3 Å². The fourth-order valence-corrected chi connectivity index (χ4v) is 2.56. The largest absolute Gasteiger partial charge is 0.466 e. The van der Waals surface area contributed by atoms with Crippen LogP contribution in [0, 0.1) is 5.41 Å². The van der Waals surface area contributed by atoms with Crippen LogP contribution in [0.2, 0.25) is 0 Å². The number of hydrogen-bond donors (Lipinski definition) is 2. The monoisotopic (exact) mass is 290 g/mol. The van der Waals surface area contributed by atoms with E-state index in [-0.39, 0.29) is 17.9 Å². The minimum absolute atomic E-state index is 0.00238. The van der Waals surface area contributed by atoms with Crippen molar-refractivity contribution in [3.63, 3.8) is 0 Å². The van der Waals surface area contributed by atoms with Gasteiger partial charge in [0.05, 0.1) is 18.4 Å². The van der Waals surface area contributed by atoms with Gasteiger partial charge in [0.25, 0.3) is 0 Å². The van der Waals surface area contributed by atoms with E-state index in [1.54, 1.807) is 6.92 Å². The molecule has 0 bridgehead atoms. The fourth-order valence-electron chi connectivity index (χ4n) is 2.56. The molecule has 1 aliphatic rings. The van der Waals surface area contributed by atoms with Crippen LogP contribution in [-0.4, -0.2) is 18.5 Å². The van der Waals surface area contributed by atoms with Gasteiger partial charge >= 0.3 is 5.97 Å². The lowest BCUT2D eigenvalue weighted by Crippen LogP contribution is -2.31. The number of amides is 1. The Labute approximate surface area is 124 Å². The van der Waals surface area contributed by atoms with Gasteiger partial charge in [-0.15, -0.1) is 0 Å². The van der Waals surface area contributed by atoms with Gasteiger partial charge in [-0.3, -0.25) is 9.59 Å². The number of anilines is 1. The predicted molar refractivity (Wildman–Crippen MR) is 80.7 cm³/mol. The maximum atomic E-state index is 11.9. The van der Waals surface area contributed by atoms with Crippen molar-refractivity contribution in [2.24, 2.45) is 11.1 Å². The molecule has 21 heavy (non-hydrogen) atoms. The molecule has 1 unspecified atom stereocenters. The molecule has 5 nitrogen and oxygen atoms in total. The lowest BCUT2D eigenvalue weighted by molar-refractivity contribution is -0.154. The zero-order chi connectivity index (χ0) is 15.6. The first-order chi connectivity index (χ1) is 9.83. The Morgan fingerprint density at radius 1 is 1.48 bits per heavy atom. The lowest BCUT2D eigenvalue weighted by atomic mass is 9.83. The number of nitrogens with one attached hydrogen (secondary N) is 1. The summed E-state index contributed by atoms with van der Waals surface area (Å²) in [6.45, 7) is 5.83. The van der Waals surface area contributed by atoms with Crippen molar-refractivity contribution in [1.29, 1.82) is 0 Å². The summed E-state index contributed by atoms with van der Waals surface area (Å²) in [6.07, 6.45) is 0.878. The van der Waals surface area contributed by atoms with Gasteiger partial charge in [0, 0.05) is 11.7 Å². The third-order valence-electron chi connectivity index (χ3n) is 3.74. The number of rotatable bonds is 5. The molecule has 0 aromatic heterocycles. The van der Waals surface area contributed by atoms with E-state index < -0.39 is 5.41 Å².